The van der Waals surface area contributed by atoms with Crippen molar-refractivity contribution in [3.63, 3.8) is 0 Å². The van der Waals surface area contributed by atoms with E-state index in [-0.39, 0.29) is 5.97 Å². The van der Waals surface area contributed by atoms with Gasteiger partial charge in [-0.25, -0.2) is 0 Å². The van der Waals surface area contributed by atoms with Crippen LogP contribution in [-0.4, -0.2) is 17.7 Å². The lowest BCUT2D eigenvalue weighted by Gasteiger charge is -2.20. The number of allylic oxidation sites excluding steroid dienone is 1. The lowest BCUT2D eigenvalue weighted by atomic mass is 9.92. The lowest BCUT2D eigenvalue weighted by molar-refractivity contribution is -0.152. The summed E-state index contributed by atoms with van der Waals surface area (Å²) in [6.45, 7) is 2.07. The fourth-order valence-corrected chi connectivity index (χ4v) is 2.40. The fourth-order valence-electron chi connectivity index (χ4n) is 2.40. The van der Waals surface area contributed by atoms with Gasteiger partial charge < -0.3 is 9.84 Å². The first-order chi connectivity index (χ1) is 11.2. The minimum Gasteiger partial charge on any atom is -0.466 e. The summed E-state index contributed by atoms with van der Waals surface area (Å²) in [5.74, 6) is -0.987. The van der Waals surface area contributed by atoms with E-state index < -0.39 is 12.0 Å². The number of carbonyl (C=O) groups excluding carboxylic acids is 1. The Bertz CT molecular complexity index is 620. The highest BCUT2D eigenvalue weighted by molar-refractivity contribution is 5.74. The van der Waals surface area contributed by atoms with Gasteiger partial charge >= 0.3 is 5.97 Å². The van der Waals surface area contributed by atoms with E-state index in [4.69, 9.17) is 4.74 Å². The van der Waals surface area contributed by atoms with Gasteiger partial charge in [0.05, 0.1) is 18.6 Å². The van der Waals surface area contributed by atoms with E-state index in [0.29, 0.717) is 13.0 Å². The molecule has 0 aliphatic heterocycles. The van der Waals surface area contributed by atoms with Crippen LogP contribution in [0, 0.1) is 5.92 Å². The first-order valence-corrected chi connectivity index (χ1v) is 7.83. The molecule has 2 atom stereocenters. The maximum absolute atomic E-state index is 12.2. The molecule has 2 aromatic carbocycles. The normalized spacial score (nSPS) is 13.7. The zero-order chi connectivity index (χ0) is 16.5. The van der Waals surface area contributed by atoms with Gasteiger partial charge in [-0.3, -0.25) is 4.79 Å². The van der Waals surface area contributed by atoms with Crippen molar-refractivity contribution in [1.82, 2.24) is 0 Å². The van der Waals surface area contributed by atoms with Crippen LogP contribution in [0.5, 0.6) is 0 Å². The zero-order valence-electron chi connectivity index (χ0n) is 13.3. The maximum atomic E-state index is 12.2. The summed E-state index contributed by atoms with van der Waals surface area (Å²) in [6, 6.07) is 19.1. The predicted octanol–water partition coefficient (Wildman–Crippen LogP) is 4.00. The van der Waals surface area contributed by atoms with Gasteiger partial charge in [-0.15, -0.1) is 0 Å². The summed E-state index contributed by atoms with van der Waals surface area (Å²) >= 11 is 0. The summed E-state index contributed by atoms with van der Waals surface area (Å²) < 4.78 is 5.12. The Balaban J connectivity index is 2.11. The van der Waals surface area contributed by atoms with Gasteiger partial charge in [-0.1, -0.05) is 72.8 Å². The molecule has 23 heavy (non-hydrogen) atoms. The molecular formula is C20H22O3. The molecule has 3 heteroatoms. The average Bonchev–Trinajstić information content (AvgIpc) is 2.60. The van der Waals surface area contributed by atoms with Crippen molar-refractivity contribution in [1.29, 1.82) is 0 Å². The van der Waals surface area contributed by atoms with Gasteiger partial charge in [0.1, 0.15) is 0 Å². The molecule has 0 bridgehead atoms. The summed E-state index contributed by atoms with van der Waals surface area (Å²) in [4.78, 5) is 12.2. The first-order valence-electron chi connectivity index (χ1n) is 7.83. The molecule has 0 aliphatic carbocycles. The van der Waals surface area contributed by atoms with Crippen LogP contribution in [0.15, 0.2) is 66.7 Å². The number of benzene rings is 2. The number of esters is 1. The van der Waals surface area contributed by atoms with E-state index in [1.807, 2.05) is 72.8 Å². The third kappa shape index (κ3) is 5.08. The molecular weight excluding hydrogens is 288 g/mol. The molecule has 0 radical (unpaired) electrons. The smallest absolute Gasteiger partial charge is 0.312 e. The third-order valence-electron chi connectivity index (χ3n) is 3.61. The van der Waals surface area contributed by atoms with Crippen LogP contribution in [0.2, 0.25) is 0 Å². The Morgan fingerprint density at radius 2 is 1.70 bits per heavy atom. The van der Waals surface area contributed by atoms with Gasteiger partial charge in [0, 0.05) is 0 Å². The summed E-state index contributed by atoms with van der Waals surface area (Å²) in [5.41, 5.74) is 1.78. The Morgan fingerprint density at radius 1 is 1.09 bits per heavy atom. The summed E-state index contributed by atoms with van der Waals surface area (Å²) in [5, 5.41) is 10.5. The molecule has 2 rings (SSSR count). The SMILES string of the molecule is CCOC(=O)[C@H](C/C=C/c1ccccc1)[C@@H](O)c1ccccc1. The minimum absolute atomic E-state index is 0.305. The molecule has 0 fully saturated rings. The maximum Gasteiger partial charge on any atom is 0.312 e. The lowest BCUT2D eigenvalue weighted by Crippen LogP contribution is -2.24. The molecule has 0 saturated carbocycles. The summed E-state index contributed by atoms with van der Waals surface area (Å²) in [6.07, 6.45) is 3.40. The third-order valence-corrected chi connectivity index (χ3v) is 3.61. The highest BCUT2D eigenvalue weighted by Gasteiger charge is 2.28. The van der Waals surface area contributed by atoms with Crippen molar-refractivity contribution in [3.8, 4) is 0 Å². The predicted molar refractivity (Wildman–Crippen MR) is 91.6 cm³/mol. The summed E-state index contributed by atoms with van der Waals surface area (Å²) in [7, 11) is 0. The molecule has 3 nitrogen and oxygen atoms in total. The van der Waals surface area contributed by atoms with E-state index in [2.05, 4.69) is 0 Å². The molecule has 0 heterocycles. The number of ether oxygens (including phenoxy) is 1. The van der Waals surface area contributed by atoms with Gasteiger partial charge in [0.15, 0.2) is 0 Å². The standard InChI is InChI=1S/C20H22O3/c1-2-23-20(22)18(19(21)17-13-7-4-8-14-17)15-9-12-16-10-5-3-6-11-16/h3-14,18-19,21H,2,15H2,1H3/b12-9+/t18-,19+/m1/s1. The van der Waals surface area contributed by atoms with Crippen molar-refractivity contribution in [2.75, 3.05) is 6.61 Å². The van der Waals surface area contributed by atoms with E-state index in [1.54, 1.807) is 6.92 Å². The van der Waals surface area contributed by atoms with E-state index in [1.165, 1.54) is 0 Å². The molecule has 0 aliphatic rings. The van der Waals surface area contributed by atoms with Crippen molar-refractivity contribution < 1.29 is 14.6 Å². The van der Waals surface area contributed by atoms with Crippen LogP contribution in [0.1, 0.15) is 30.6 Å². The Hall–Kier alpha value is -2.39. The Morgan fingerprint density at radius 3 is 2.30 bits per heavy atom. The molecule has 0 spiro atoms. The van der Waals surface area contributed by atoms with Crippen molar-refractivity contribution >= 4 is 12.0 Å². The van der Waals surface area contributed by atoms with E-state index in [9.17, 15) is 9.90 Å². The molecule has 0 saturated heterocycles. The number of aliphatic hydroxyl groups is 1. The second-order valence-corrected chi connectivity index (χ2v) is 5.26. The number of hydrogen-bond acceptors (Lipinski definition) is 3. The average molecular weight is 310 g/mol. The first kappa shape index (κ1) is 17.0. The van der Waals surface area contributed by atoms with Crippen LogP contribution < -0.4 is 0 Å². The van der Waals surface area contributed by atoms with Gasteiger partial charge in [0.25, 0.3) is 0 Å². The number of rotatable bonds is 7. The molecule has 0 aromatic heterocycles. The number of hydrogen-bond donors (Lipinski definition) is 1. The second kappa shape index (κ2) is 8.91. The van der Waals surface area contributed by atoms with Crippen LogP contribution >= 0.6 is 0 Å². The van der Waals surface area contributed by atoms with Gasteiger partial charge in [0.2, 0.25) is 0 Å². The van der Waals surface area contributed by atoms with Gasteiger partial charge in [-0.2, -0.15) is 0 Å². The van der Waals surface area contributed by atoms with Gasteiger partial charge in [-0.05, 0) is 24.5 Å². The Labute approximate surface area is 137 Å². The largest absolute Gasteiger partial charge is 0.466 e. The van der Waals surface area contributed by atoms with Crippen LogP contribution in [0.25, 0.3) is 6.08 Å². The monoisotopic (exact) mass is 310 g/mol. The number of carbonyl (C=O) groups is 1. The Kier molecular flexibility index (Phi) is 6.57. The fraction of sp³-hybridized carbons (Fsp3) is 0.250. The van der Waals surface area contributed by atoms with Crippen molar-refractivity contribution in [3.05, 3.63) is 77.9 Å². The highest BCUT2D eigenvalue weighted by Crippen LogP contribution is 2.26. The molecule has 0 unspecified atom stereocenters. The van der Waals surface area contributed by atoms with Crippen LogP contribution in [-0.2, 0) is 9.53 Å². The molecule has 0 amide bonds. The quantitative estimate of drug-likeness (QED) is 0.786. The zero-order valence-corrected chi connectivity index (χ0v) is 13.3. The minimum atomic E-state index is -0.879. The van der Waals surface area contributed by atoms with E-state index in [0.717, 1.165) is 11.1 Å². The molecule has 2 aromatic rings. The number of aliphatic hydroxyl groups excluding tert-OH is 1. The second-order valence-electron chi connectivity index (χ2n) is 5.26. The molecule has 1 N–H and O–H groups in total. The molecule has 120 valence electrons. The topological polar surface area (TPSA) is 46.5 Å². The van der Waals surface area contributed by atoms with Crippen LogP contribution in [0.4, 0.5) is 0 Å². The van der Waals surface area contributed by atoms with Crippen LogP contribution in [0.3, 0.4) is 0 Å². The highest BCUT2D eigenvalue weighted by atomic mass is 16.5. The van der Waals surface area contributed by atoms with Crippen molar-refractivity contribution in [2.24, 2.45) is 5.92 Å². The van der Waals surface area contributed by atoms with Crippen molar-refractivity contribution in [2.45, 2.75) is 19.4 Å². The van der Waals surface area contributed by atoms with E-state index >= 15 is 0 Å².